The van der Waals surface area contributed by atoms with Crippen LogP contribution in [0.4, 0.5) is 5.69 Å². The molecule has 0 atom stereocenters. The van der Waals surface area contributed by atoms with Gasteiger partial charge in [0.05, 0.1) is 0 Å². The second-order valence-electron chi connectivity index (χ2n) is 4.24. The van der Waals surface area contributed by atoms with Gasteiger partial charge in [0.25, 0.3) is 11.8 Å². The number of benzene rings is 2. The third kappa shape index (κ3) is 4.50. The van der Waals surface area contributed by atoms with Gasteiger partial charge in [-0.15, -0.1) is 0 Å². The molecule has 0 saturated heterocycles. The highest BCUT2D eigenvalue weighted by Gasteiger charge is 2.06. The number of nitrogens with one attached hydrogen (secondary N) is 1. The number of anilines is 1. The fourth-order valence-electron chi connectivity index (χ4n) is 1.62. The van der Waals surface area contributed by atoms with E-state index < -0.39 is 5.91 Å². The largest absolute Gasteiger partial charge is 0.484 e. The summed E-state index contributed by atoms with van der Waals surface area (Å²) < 4.78 is 5.17. The van der Waals surface area contributed by atoms with E-state index in [-0.39, 0.29) is 12.5 Å². The highest BCUT2D eigenvalue weighted by Crippen LogP contribution is 2.18. The van der Waals surface area contributed by atoms with Crippen molar-refractivity contribution in [1.82, 2.24) is 0 Å². The van der Waals surface area contributed by atoms with Crippen LogP contribution in [-0.2, 0) is 4.79 Å². The van der Waals surface area contributed by atoms with Crippen LogP contribution < -0.4 is 15.8 Å². The summed E-state index contributed by atoms with van der Waals surface area (Å²) in [5.74, 6) is -0.382. The molecule has 0 aliphatic rings. The van der Waals surface area contributed by atoms with Gasteiger partial charge in [0.1, 0.15) is 5.75 Å². The van der Waals surface area contributed by atoms with E-state index in [0.29, 0.717) is 22.0 Å². The molecule has 21 heavy (non-hydrogen) atoms. The molecule has 0 radical (unpaired) electrons. The molecule has 0 aliphatic heterocycles. The van der Waals surface area contributed by atoms with Crippen molar-refractivity contribution in [2.45, 2.75) is 0 Å². The average Bonchev–Trinajstić information content (AvgIpc) is 2.46. The quantitative estimate of drug-likeness (QED) is 0.890. The Morgan fingerprint density at radius 2 is 1.86 bits per heavy atom. The Morgan fingerprint density at radius 3 is 2.52 bits per heavy atom. The first-order chi connectivity index (χ1) is 10.0. The van der Waals surface area contributed by atoms with Gasteiger partial charge in [0.15, 0.2) is 6.61 Å². The first-order valence-corrected chi connectivity index (χ1v) is 6.50. The van der Waals surface area contributed by atoms with Crippen LogP contribution in [-0.4, -0.2) is 18.4 Å². The summed E-state index contributed by atoms with van der Waals surface area (Å²) in [6, 6.07) is 13.2. The number of hydrogen-bond acceptors (Lipinski definition) is 3. The van der Waals surface area contributed by atoms with E-state index in [9.17, 15) is 9.59 Å². The van der Waals surface area contributed by atoms with Crippen molar-refractivity contribution in [2.24, 2.45) is 5.73 Å². The van der Waals surface area contributed by atoms with Gasteiger partial charge in [0.2, 0.25) is 0 Å². The van der Waals surface area contributed by atoms with E-state index in [1.807, 2.05) is 0 Å². The van der Waals surface area contributed by atoms with Crippen LogP contribution in [0, 0.1) is 0 Å². The van der Waals surface area contributed by atoms with E-state index in [1.54, 1.807) is 48.5 Å². The summed E-state index contributed by atoms with van der Waals surface area (Å²) in [7, 11) is 0. The standard InChI is InChI=1S/C15H13ClN2O3/c16-11-6-4-10(5-7-11)15(20)18-12-2-1-3-13(8-12)21-9-14(17)19/h1-8H,9H2,(H2,17,19)(H,18,20). The number of carbonyl (C=O) groups is 2. The highest BCUT2D eigenvalue weighted by atomic mass is 35.5. The van der Waals surface area contributed by atoms with E-state index in [2.05, 4.69) is 5.32 Å². The van der Waals surface area contributed by atoms with Gasteiger partial charge in [-0.25, -0.2) is 0 Å². The van der Waals surface area contributed by atoms with Crippen LogP contribution in [0.1, 0.15) is 10.4 Å². The SMILES string of the molecule is NC(=O)COc1cccc(NC(=O)c2ccc(Cl)cc2)c1. The summed E-state index contributed by atoms with van der Waals surface area (Å²) >= 11 is 5.77. The monoisotopic (exact) mass is 304 g/mol. The van der Waals surface area contributed by atoms with Gasteiger partial charge in [0, 0.05) is 22.3 Å². The van der Waals surface area contributed by atoms with Gasteiger partial charge < -0.3 is 15.8 Å². The Bertz CT molecular complexity index is 656. The molecule has 3 N–H and O–H groups in total. The molecule has 0 bridgehead atoms. The van der Waals surface area contributed by atoms with Crippen LogP contribution in [0.3, 0.4) is 0 Å². The van der Waals surface area contributed by atoms with Crippen LogP contribution >= 0.6 is 11.6 Å². The summed E-state index contributed by atoms with van der Waals surface area (Å²) in [4.78, 5) is 22.7. The van der Waals surface area contributed by atoms with Crippen LogP contribution in [0.15, 0.2) is 48.5 Å². The Kier molecular flexibility index (Phi) is 4.79. The Labute approximate surface area is 126 Å². The third-order valence-electron chi connectivity index (χ3n) is 2.58. The lowest BCUT2D eigenvalue weighted by Crippen LogP contribution is -2.20. The molecule has 0 aromatic heterocycles. The van der Waals surface area contributed by atoms with Crippen molar-refractivity contribution in [1.29, 1.82) is 0 Å². The van der Waals surface area contributed by atoms with Gasteiger partial charge in [-0.2, -0.15) is 0 Å². The van der Waals surface area contributed by atoms with Crippen LogP contribution in [0.2, 0.25) is 5.02 Å². The lowest BCUT2D eigenvalue weighted by molar-refractivity contribution is -0.119. The number of nitrogens with two attached hydrogens (primary N) is 1. The van der Waals surface area contributed by atoms with Crippen LogP contribution in [0.5, 0.6) is 5.75 Å². The van der Waals surface area contributed by atoms with Gasteiger partial charge in [-0.05, 0) is 36.4 Å². The van der Waals surface area contributed by atoms with Gasteiger partial charge in [-0.1, -0.05) is 17.7 Å². The third-order valence-corrected chi connectivity index (χ3v) is 2.83. The summed E-state index contributed by atoms with van der Waals surface area (Å²) in [6.45, 7) is -0.214. The molecular weight excluding hydrogens is 292 g/mol. The first kappa shape index (κ1) is 14.9. The van der Waals surface area contributed by atoms with Crippen molar-refractivity contribution in [3.63, 3.8) is 0 Å². The fourth-order valence-corrected chi connectivity index (χ4v) is 1.75. The van der Waals surface area contributed by atoms with Crippen molar-refractivity contribution in [3.05, 3.63) is 59.1 Å². The molecule has 6 heteroatoms. The minimum atomic E-state index is -0.564. The van der Waals surface area contributed by atoms with Crippen molar-refractivity contribution >= 4 is 29.1 Å². The van der Waals surface area contributed by atoms with Crippen LogP contribution in [0.25, 0.3) is 0 Å². The number of ether oxygens (including phenoxy) is 1. The first-order valence-electron chi connectivity index (χ1n) is 6.12. The maximum atomic E-state index is 12.0. The van der Waals surface area contributed by atoms with E-state index >= 15 is 0 Å². The lowest BCUT2D eigenvalue weighted by Gasteiger charge is -2.08. The van der Waals surface area contributed by atoms with Crippen molar-refractivity contribution in [3.8, 4) is 5.75 Å². The van der Waals surface area contributed by atoms with Crippen molar-refractivity contribution in [2.75, 3.05) is 11.9 Å². The predicted molar refractivity (Wildman–Crippen MR) is 80.5 cm³/mol. The molecular formula is C15H13ClN2O3. The maximum Gasteiger partial charge on any atom is 0.255 e. The number of halogens is 1. The second-order valence-corrected chi connectivity index (χ2v) is 4.68. The number of amides is 2. The highest BCUT2D eigenvalue weighted by molar-refractivity contribution is 6.30. The van der Waals surface area contributed by atoms with Gasteiger partial charge >= 0.3 is 0 Å². The van der Waals surface area contributed by atoms with Crippen molar-refractivity contribution < 1.29 is 14.3 Å². The molecule has 0 fully saturated rings. The molecule has 2 aromatic rings. The normalized spacial score (nSPS) is 9.95. The molecule has 2 aromatic carbocycles. The molecule has 0 saturated carbocycles. The zero-order chi connectivity index (χ0) is 15.2. The van der Waals surface area contributed by atoms with E-state index in [4.69, 9.17) is 22.1 Å². The Balaban J connectivity index is 2.05. The zero-order valence-corrected chi connectivity index (χ0v) is 11.8. The number of rotatable bonds is 5. The number of carbonyl (C=O) groups excluding carboxylic acids is 2. The molecule has 0 unspecified atom stereocenters. The molecule has 2 rings (SSSR count). The second kappa shape index (κ2) is 6.76. The summed E-state index contributed by atoms with van der Waals surface area (Å²) in [6.07, 6.45) is 0. The maximum absolute atomic E-state index is 12.0. The predicted octanol–water partition coefficient (Wildman–Crippen LogP) is 2.46. The minimum Gasteiger partial charge on any atom is -0.484 e. The Hall–Kier alpha value is -2.53. The molecule has 108 valence electrons. The molecule has 0 spiro atoms. The number of primary amides is 1. The molecule has 2 amide bonds. The summed E-state index contributed by atoms with van der Waals surface area (Å²) in [5, 5.41) is 3.29. The minimum absolute atomic E-state index is 0.214. The number of hydrogen-bond donors (Lipinski definition) is 2. The fraction of sp³-hybridized carbons (Fsp3) is 0.0667. The smallest absolute Gasteiger partial charge is 0.255 e. The lowest BCUT2D eigenvalue weighted by atomic mass is 10.2. The molecule has 5 nitrogen and oxygen atoms in total. The molecule has 0 aliphatic carbocycles. The average molecular weight is 305 g/mol. The van der Waals surface area contributed by atoms with E-state index in [0.717, 1.165) is 0 Å². The summed E-state index contributed by atoms with van der Waals surface area (Å²) in [5.41, 5.74) is 6.04. The topological polar surface area (TPSA) is 81.4 Å². The van der Waals surface area contributed by atoms with Gasteiger partial charge in [-0.3, -0.25) is 9.59 Å². The zero-order valence-electron chi connectivity index (χ0n) is 11.0. The molecule has 0 heterocycles. The van der Waals surface area contributed by atoms with E-state index in [1.165, 1.54) is 0 Å². The Morgan fingerprint density at radius 1 is 1.14 bits per heavy atom.